The minimum absolute atomic E-state index is 0.561. The summed E-state index contributed by atoms with van der Waals surface area (Å²) >= 11 is 0. The predicted octanol–water partition coefficient (Wildman–Crippen LogP) is 2.24. The molecule has 0 fully saturated rings. The van der Waals surface area contributed by atoms with Gasteiger partial charge in [0.15, 0.2) is 0 Å². The Balaban J connectivity index is 2.75. The van der Waals surface area contributed by atoms with Crippen molar-refractivity contribution < 1.29 is 0 Å². The average Bonchev–Trinajstić information content (AvgIpc) is 2.28. The van der Waals surface area contributed by atoms with Gasteiger partial charge < -0.3 is 10.6 Å². The monoisotopic (exact) mass is 220 g/mol. The molecule has 0 aromatic heterocycles. The summed E-state index contributed by atoms with van der Waals surface area (Å²) in [7, 11) is 4.23. The highest BCUT2D eigenvalue weighted by atomic mass is 15.1. The van der Waals surface area contributed by atoms with Gasteiger partial charge in [-0.25, -0.2) is 0 Å². The quantitative estimate of drug-likeness (QED) is 0.796. The molecule has 0 amide bonds. The molecule has 0 bridgehead atoms. The summed E-state index contributed by atoms with van der Waals surface area (Å²) in [6.07, 6.45) is 2.17. The fourth-order valence-electron chi connectivity index (χ4n) is 2.03. The first-order chi connectivity index (χ1) is 7.67. The van der Waals surface area contributed by atoms with Crippen molar-refractivity contribution in [1.82, 2.24) is 4.90 Å². The van der Waals surface area contributed by atoms with Gasteiger partial charge >= 0.3 is 0 Å². The zero-order chi connectivity index (χ0) is 12.0. The first kappa shape index (κ1) is 13.2. The van der Waals surface area contributed by atoms with E-state index in [0.717, 1.165) is 25.9 Å². The maximum Gasteiger partial charge on any atom is 0.00446 e. The second-order valence-corrected chi connectivity index (χ2v) is 4.63. The van der Waals surface area contributed by atoms with Gasteiger partial charge in [-0.15, -0.1) is 0 Å². The zero-order valence-electron chi connectivity index (χ0n) is 10.7. The lowest BCUT2D eigenvalue weighted by Gasteiger charge is -2.21. The summed E-state index contributed by atoms with van der Waals surface area (Å²) in [5, 5.41) is 0. The van der Waals surface area contributed by atoms with Gasteiger partial charge in [-0.2, -0.15) is 0 Å². The molecule has 0 aliphatic rings. The van der Waals surface area contributed by atoms with E-state index < -0.39 is 0 Å². The SMILES string of the molecule is CCc1ccc(C(CCN)CN(C)C)cc1. The van der Waals surface area contributed by atoms with E-state index in [1.165, 1.54) is 11.1 Å². The molecule has 1 aromatic carbocycles. The Morgan fingerprint density at radius 2 is 1.81 bits per heavy atom. The molecular weight excluding hydrogens is 196 g/mol. The lowest BCUT2D eigenvalue weighted by Crippen LogP contribution is -2.22. The number of hydrogen-bond donors (Lipinski definition) is 1. The van der Waals surface area contributed by atoms with E-state index in [9.17, 15) is 0 Å². The van der Waals surface area contributed by atoms with Crippen LogP contribution in [-0.2, 0) is 6.42 Å². The maximum atomic E-state index is 5.68. The van der Waals surface area contributed by atoms with E-state index in [2.05, 4.69) is 50.2 Å². The molecule has 0 heterocycles. The standard InChI is InChI=1S/C14H24N2/c1-4-12-5-7-13(8-6-12)14(9-10-15)11-16(2)3/h5-8,14H,4,9-11,15H2,1-3H3. The first-order valence-electron chi connectivity index (χ1n) is 6.11. The van der Waals surface area contributed by atoms with Crippen LogP contribution >= 0.6 is 0 Å². The third kappa shape index (κ3) is 3.95. The molecule has 0 saturated carbocycles. The van der Waals surface area contributed by atoms with E-state index >= 15 is 0 Å². The largest absolute Gasteiger partial charge is 0.330 e. The van der Waals surface area contributed by atoms with Crippen molar-refractivity contribution in [2.45, 2.75) is 25.7 Å². The molecule has 1 atom stereocenters. The van der Waals surface area contributed by atoms with E-state index in [0.29, 0.717) is 5.92 Å². The Morgan fingerprint density at radius 1 is 1.19 bits per heavy atom. The van der Waals surface area contributed by atoms with Crippen molar-refractivity contribution in [2.75, 3.05) is 27.2 Å². The summed E-state index contributed by atoms with van der Waals surface area (Å²) in [6.45, 7) is 4.02. The zero-order valence-corrected chi connectivity index (χ0v) is 10.7. The molecule has 16 heavy (non-hydrogen) atoms. The highest BCUT2D eigenvalue weighted by molar-refractivity contribution is 5.25. The Labute approximate surface area is 99.5 Å². The van der Waals surface area contributed by atoms with Crippen molar-refractivity contribution in [1.29, 1.82) is 0 Å². The fourth-order valence-corrected chi connectivity index (χ4v) is 2.03. The normalized spacial score (nSPS) is 13.1. The van der Waals surface area contributed by atoms with Gasteiger partial charge in [-0.3, -0.25) is 0 Å². The molecule has 0 saturated heterocycles. The highest BCUT2D eigenvalue weighted by Crippen LogP contribution is 2.20. The van der Waals surface area contributed by atoms with E-state index in [1.54, 1.807) is 0 Å². The molecule has 0 aliphatic heterocycles. The number of rotatable bonds is 6. The van der Waals surface area contributed by atoms with Crippen LogP contribution in [-0.4, -0.2) is 32.1 Å². The Morgan fingerprint density at radius 3 is 2.25 bits per heavy atom. The predicted molar refractivity (Wildman–Crippen MR) is 70.8 cm³/mol. The van der Waals surface area contributed by atoms with Crippen molar-refractivity contribution in [3.05, 3.63) is 35.4 Å². The van der Waals surface area contributed by atoms with Crippen LogP contribution in [0.3, 0.4) is 0 Å². The van der Waals surface area contributed by atoms with E-state index in [1.807, 2.05) is 0 Å². The lowest BCUT2D eigenvalue weighted by atomic mass is 9.94. The number of nitrogens with two attached hydrogens (primary N) is 1. The third-order valence-corrected chi connectivity index (χ3v) is 2.96. The molecule has 0 radical (unpaired) electrons. The second-order valence-electron chi connectivity index (χ2n) is 4.63. The summed E-state index contributed by atoms with van der Waals surface area (Å²) in [6, 6.07) is 8.97. The van der Waals surface area contributed by atoms with Gasteiger partial charge in [0.1, 0.15) is 0 Å². The minimum Gasteiger partial charge on any atom is -0.330 e. The van der Waals surface area contributed by atoms with Gasteiger partial charge in [-0.1, -0.05) is 31.2 Å². The summed E-state index contributed by atoms with van der Waals surface area (Å²) in [4.78, 5) is 2.23. The van der Waals surface area contributed by atoms with E-state index in [-0.39, 0.29) is 0 Å². The van der Waals surface area contributed by atoms with Crippen molar-refractivity contribution >= 4 is 0 Å². The van der Waals surface area contributed by atoms with Crippen molar-refractivity contribution in [2.24, 2.45) is 5.73 Å². The third-order valence-electron chi connectivity index (χ3n) is 2.96. The molecular formula is C14H24N2. The average molecular weight is 220 g/mol. The van der Waals surface area contributed by atoms with Gasteiger partial charge in [0, 0.05) is 6.54 Å². The second kappa shape index (κ2) is 6.66. The van der Waals surface area contributed by atoms with Crippen LogP contribution in [0.4, 0.5) is 0 Å². The van der Waals surface area contributed by atoms with Crippen LogP contribution in [0, 0.1) is 0 Å². The van der Waals surface area contributed by atoms with Crippen LogP contribution < -0.4 is 5.73 Å². The highest BCUT2D eigenvalue weighted by Gasteiger charge is 2.11. The molecule has 0 spiro atoms. The maximum absolute atomic E-state index is 5.68. The fraction of sp³-hybridized carbons (Fsp3) is 0.571. The molecule has 1 aromatic rings. The number of hydrogen-bond acceptors (Lipinski definition) is 2. The lowest BCUT2D eigenvalue weighted by molar-refractivity contribution is 0.365. The van der Waals surface area contributed by atoms with Crippen LogP contribution in [0.5, 0.6) is 0 Å². The molecule has 2 nitrogen and oxygen atoms in total. The van der Waals surface area contributed by atoms with E-state index in [4.69, 9.17) is 5.73 Å². The van der Waals surface area contributed by atoms with Crippen LogP contribution in [0.1, 0.15) is 30.4 Å². The molecule has 2 heteroatoms. The van der Waals surface area contributed by atoms with Crippen LogP contribution in [0.25, 0.3) is 0 Å². The smallest absolute Gasteiger partial charge is 0.00446 e. The molecule has 1 rings (SSSR count). The number of aryl methyl sites for hydroxylation is 1. The van der Waals surface area contributed by atoms with Crippen LogP contribution in [0.15, 0.2) is 24.3 Å². The summed E-state index contributed by atoms with van der Waals surface area (Å²) < 4.78 is 0. The number of benzene rings is 1. The molecule has 0 aliphatic carbocycles. The van der Waals surface area contributed by atoms with Crippen LogP contribution in [0.2, 0.25) is 0 Å². The molecule has 2 N–H and O–H groups in total. The summed E-state index contributed by atoms with van der Waals surface area (Å²) in [5.41, 5.74) is 8.50. The van der Waals surface area contributed by atoms with Gasteiger partial charge in [0.25, 0.3) is 0 Å². The minimum atomic E-state index is 0.561. The van der Waals surface area contributed by atoms with Gasteiger partial charge in [0.05, 0.1) is 0 Å². The van der Waals surface area contributed by atoms with Gasteiger partial charge in [0.2, 0.25) is 0 Å². The molecule has 1 unspecified atom stereocenters. The molecule has 90 valence electrons. The Hall–Kier alpha value is -0.860. The summed E-state index contributed by atoms with van der Waals surface area (Å²) in [5.74, 6) is 0.561. The van der Waals surface area contributed by atoms with Crippen molar-refractivity contribution in [3.8, 4) is 0 Å². The number of likely N-dealkylation sites (N-methyl/N-ethyl adjacent to an activating group) is 1. The van der Waals surface area contributed by atoms with Gasteiger partial charge in [-0.05, 0) is 50.5 Å². The Kier molecular flexibility index (Phi) is 5.50. The number of nitrogens with zero attached hydrogens (tertiary/aromatic N) is 1. The first-order valence-corrected chi connectivity index (χ1v) is 6.11. The topological polar surface area (TPSA) is 29.3 Å². The Bertz CT molecular complexity index is 290. The van der Waals surface area contributed by atoms with Crippen molar-refractivity contribution in [3.63, 3.8) is 0 Å².